The number of hydrogen-bond donors (Lipinski definition) is 3. The zero-order chi connectivity index (χ0) is 9.40. The SMILES string of the molecule is CNNC(=O)OCCNC(C)=O. The monoisotopic (exact) mass is 175 g/mol. The number of carbonyl (C=O) groups is 2. The summed E-state index contributed by atoms with van der Waals surface area (Å²) in [5, 5.41) is 2.48. The molecule has 0 fully saturated rings. The third-order valence-electron chi connectivity index (χ3n) is 0.936. The van der Waals surface area contributed by atoms with Crippen molar-refractivity contribution in [2.45, 2.75) is 6.92 Å². The molecule has 0 aliphatic rings. The van der Waals surface area contributed by atoms with Gasteiger partial charge < -0.3 is 10.1 Å². The van der Waals surface area contributed by atoms with Crippen LogP contribution in [-0.4, -0.2) is 32.2 Å². The molecule has 0 rings (SSSR count). The van der Waals surface area contributed by atoms with Crippen LogP contribution in [0.15, 0.2) is 0 Å². The normalized spacial score (nSPS) is 8.83. The lowest BCUT2D eigenvalue weighted by atomic mass is 10.6. The molecule has 12 heavy (non-hydrogen) atoms. The summed E-state index contributed by atoms with van der Waals surface area (Å²) in [5.41, 5.74) is 4.62. The fraction of sp³-hybridized carbons (Fsp3) is 0.667. The van der Waals surface area contributed by atoms with Crippen molar-refractivity contribution in [3.05, 3.63) is 0 Å². The van der Waals surface area contributed by atoms with E-state index in [-0.39, 0.29) is 12.5 Å². The smallest absolute Gasteiger partial charge is 0.421 e. The summed E-state index contributed by atoms with van der Waals surface area (Å²) >= 11 is 0. The second kappa shape index (κ2) is 6.41. The minimum absolute atomic E-state index is 0.146. The molecule has 0 spiro atoms. The molecule has 6 nitrogen and oxygen atoms in total. The summed E-state index contributed by atoms with van der Waals surface area (Å²) in [4.78, 5) is 20.9. The lowest BCUT2D eigenvalue weighted by Crippen LogP contribution is -2.36. The zero-order valence-corrected chi connectivity index (χ0v) is 7.14. The van der Waals surface area contributed by atoms with Crippen LogP contribution in [0.1, 0.15) is 6.92 Å². The number of amides is 2. The fourth-order valence-corrected chi connectivity index (χ4v) is 0.509. The number of ether oxygens (including phenoxy) is 1. The Kier molecular flexibility index (Phi) is 5.72. The second-order valence-corrected chi connectivity index (χ2v) is 1.99. The molecule has 0 aromatic rings. The molecule has 0 aromatic carbocycles. The Morgan fingerprint density at radius 3 is 2.58 bits per heavy atom. The predicted octanol–water partition coefficient (Wildman–Crippen LogP) is -1.02. The Morgan fingerprint density at radius 2 is 2.08 bits per heavy atom. The number of hydrogen-bond acceptors (Lipinski definition) is 4. The van der Waals surface area contributed by atoms with Crippen molar-refractivity contribution in [1.29, 1.82) is 0 Å². The van der Waals surface area contributed by atoms with E-state index in [4.69, 9.17) is 0 Å². The van der Waals surface area contributed by atoms with Gasteiger partial charge in [-0.05, 0) is 0 Å². The molecule has 0 heterocycles. The minimum Gasteiger partial charge on any atom is -0.447 e. The molecule has 0 aromatic heterocycles. The lowest BCUT2D eigenvalue weighted by molar-refractivity contribution is -0.119. The highest BCUT2D eigenvalue weighted by atomic mass is 16.6. The molecule has 2 amide bonds. The summed E-state index contributed by atoms with van der Waals surface area (Å²) in [6, 6.07) is 0. The topological polar surface area (TPSA) is 79.5 Å². The van der Waals surface area contributed by atoms with Crippen molar-refractivity contribution in [2.75, 3.05) is 20.2 Å². The van der Waals surface area contributed by atoms with Gasteiger partial charge in [0.2, 0.25) is 5.91 Å². The van der Waals surface area contributed by atoms with Gasteiger partial charge in [-0.2, -0.15) is 0 Å². The van der Waals surface area contributed by atoms with Crippen LogP contribution in [-0.2, 0) is 9.53 Å². The van der Waals surface area contributed by atoms with Crippen molar-refractivity contribution >= 4 is 12.0 Å². The largest absolute Gasteiger partial charge is 0.447 e. The van der Waals surface area contributed by atoms with Gasteiger partial charge >= 0.3 is 6.09 Å². The van der Waals surface area contributed by atoms with Gasteiger partial charge in [0.05, 0.1) is 6.54 Å². The van der Waals surface area contributed by atoms with Crippen LogP contribution in [0.4, 0.5) is 4.79 Å². The number of carbonyl (C=O) groups excluding carboxylic acids is 2. The molecule has 0 atom stereocenters. The number of hydrazine groups is 1. The Balaban J connectivity index is 3.19. The van der Waals surface area contributed by atoms with Gasteiger partial charge in [0.15, 0.2) is 0 Å². The third kappa shape index (κ3) is 6.81. The summed E-state index contributed by atoms with van der Waals surface area (Å²) in [6.45, 7) is 1.88. The first kappa shape index (κ1) is 10.7. The van der Waals surface area contributed by atoms with E-state index < -0.39 is 6.09 Å². The van der Waals surface area contributed by atoms with Gasteiger partial charge in [-0.1, -0.05) is 0 Å². The summed E-state index contributed by atoms with van der Waals surface area (Å²) in [5.74, 6) is -0.146. The van der Waals surface area contributed by atoms with E-state index in [0.717, 1.165) is 0 Å². The van der Waals surface area contributed by atoms with E-state index >= 15 is 0 Å². The van der Waals surface area contributed by atoms with E-state index in [2.05, 4.69) is 20.9 Å². The van der Waals surface area contributed by atoms with Crippen LogP contribution in [0.25, 0.3) is 0 Å². The Morgan fingerprint density at radius 1 is 1.42 bits per heavy atom. The fourth-order valence-electron chi connectivity index (χ4n) is 0.509. The van der Waals surface area contributed by atoms with Crippen molar-refractivity contribution in [2.24, 2.45) is 0 Å². The number of rotatable bonds is 4. The quantitative estimate of drug-likeness (QED) is 0.377. The summed E-state index contributed by atoms with van der Waals surface area (Å²) in [6.07, 6.45) is -0.567. The van der Waals surface area contributed by atoms with E-state index in [9.17, 15) is 9.59 Å². The summed E-state index contributed by atoms with van der Waals surface area (Å²) < 4.78 is 4.61. The van der Waals surface area contributed by atoms with Crippen molar-refractivity contribution < 1.29 is 14.3 Å². The van der Waals surface area contributed by atoms with Crippen LogP contribution in [0.5, 0.6) is 0 Å². The molecule has 0 radical (unpaired) electrons. The summed E-state index contributed by atoms with van der Waals surface area (Å²) in [7, 11) is 1.55. The van der Waals surface area contributed by atoms with Crippen molar-refractivity contribution in [3.63, 3.8) is 0 Å². The predicted molar refractivity (Wildman–Crippen MR) is 42.2 cm³/mol. The molecule has 0 aliphatic carbocycles. The van der Waals surface area contributed by atoms with E-state index in [1.54, 1.807) is 7.05 Å². The lowest BCUT2D eigenvalue weighted by Gasteiger charge is -2.05. The number of nitrogens with one attached hydrogen (secondary N) is 3. The van der Waals surface area contributed by atoms with Crippen LogP contribution < -0.4 is 16.2 Å². The molecular formula is C6H13N3O3. The molecule has 70 valence electrons. The van der Waals surface area contributed by atoms with Gasteiger partial charge in [0, 0.05) is 14.0 Å². The standard InChI is InChI=1S/C6H13N3O3/c1-5(10)8-3-4-12-6(11)9-7-2/h7H,3-4H2,1-2H3,(H,8,10)(H,9,11). The highest BCUT2D eigenvalue weighted by molar-refractivity contribution is 5.72. The Labute approximate surface area is 70.6 Å². The Bertz CT molecular complexity index is 160. The van der Waals surface area contributed by atoms with Crippen LogP contribution >= 0.6 is 0 Å². The van der Waals surface area contributed by atoms with Crippen LogP contribution in [0.2, 0.25) is 0 Å². The highest BCUT2D eigenvalue weighted by Gasteiger charge is 1.97. The maximum atomic E-state index is 10.6. The van der Waals surface area contributed by atoms with Gasteiger partial charge in [-0.15, -0.1) is 0 Å². The van der Waals surface area contributed by atoms with Gasteiger partial charge in [-0.3, -0.25) is 10.2 Å². The average Bonchev–Trinajstić information content (AvgIpc) is 1.98. The van der Waals surface area contributed by atoms with Gasteiger partial charge in [-0.25, -0.2) is 10.2 Å². The van der Waals surface area contributed by atoms with Gasteiger partial charge in [0.25, 0.3) is 0 Å². The van der Waals surface area contributed by atoms with E-state index in [1.807, 2.05) is 0 Å². The maximum Gasteiger partial charge on any atom is 0.421 e. The average molecular weight is 175 g/mol. The molecular weight excluding hydrogens is 162 g/mol. The minimum atomic E-state index is -0.567. The van der Waals surface area contributed by atoms with E-state index in [0.29, 0.717) is 6.54 Å². The molecule has 0 bridgehead atoms. The first-order valence-electron chi connectivity index (χ1n) is 3.50. The maximum absolute atomic E-state index is 10.6. The van der Waals surface area contributed by atoms with Crippen LogP contribution in [0.3, 0.4) is 0 Å². The molecule has 0 unspecified atom stereocenters. The van der Waals surface area contributed by atoms with Crippen molar-refractivity contribution in [3.8, 4) is 0 Å². The highest BCUT2D eigenvalue weighted by Crippen LogP contribution is 1.73. The van der Waals surface area contributed by atoms with Crippen molar-refractivity contribution in [1.82, 2.24) is 16.2 Å². The second-order valence-electron chi connectivity index (χ2n) is 1.99. The molecule has 0 saturated heterocycles. The third-order valence-corrected chi connectivity index (χ3v) is 0.936. The molecule has 0 aliphatic heterocycles. The Hall–Kier alpha value is -1.30. The van der Waals surface area contributed by atoms with E-state index in [1.165, 1.54) is 6.92 Å². The first-order chi connectivity index (χ1) is 5.66. The van der Waals surface area contributed by atoms with Crippen LogP contribution in [0, 0.1) is 0 Å². The molecule has 6 heteroatoms. The molecule has 0 saturated carbocycles. The zero-order valence-electron chi connectivity index (χ0n) is 7.14. The van der Waals surface area contributed by atoms with Gasteiger partial charge in [0.1, 0.15) is 6.61 Å². The molecule has 3 N–H and O–H groups in total. The first-order valence-corrected chi connectivity index (χ1v) is 3.50.